The van der Waals surface area contributed by atoms with Crippen LogP contribution in [0.1, 0.15) is 12.5 Å². The Balaban J connectivity index is 2.08. The van der Waals surface area contributed by atoms with Gasteiger partial charge in [-0.2, -0.15) is 0 Å². The van der Waals surface area contributed by atoms with Crippen LogP contribution >= 0.6 is 11.8 Å². The summed E-state index contributed by atoms with van der Waals surface area (Å²) in [6.07, 6.45) is 0.845. The Morgan fingerprint density at radius 1 is 1.35 bits per heavy atom. The van der Waals surface area contributed by atoms with Crippen molar-refractivity contribution in [3.63, 3.8) is 0 Å². The van der Waals surface area contributed by atoms with Crippen LogP contribution in [0.3, 0.4) is 0 Å². The van der Waals surface area contributed by atoms with Crippen molar-refractivity contribution in [2.24, 2.45) is 0 Å². The summed E-state index contributed by atoms with van der Waals surface area (Å²) < 4.78 is 1.70. The van der Waals surface area contributed by atoms with E-state index in [1.54, 1.807) is 16.3 Å². The summed E-state index contributed by atoms with van der Waals surface area (Å²) in [5, 5.41) is 7.27. The van der Waals surface area contributed by atoms with Crippen LogP contribution in [0.5, 0.6) is 0 Å². The van der Waals surface area contributed by atoms with E-state index < -0.39 is 0 Å². The molecule has 1 N–H and O–H groups in total. The topological polar surface area (TPSA) is 50.7 Å². The molecule has 0 aliphatic rings. The second-order valence-corrected chi connectivity index (χ2v) is 4.86. The zero-order chi connectivity index (χ0) is 12.1. The highest BCUT2D eigenvalue weighted by atomic mass is 32.2. The Labute approximate surface area is 104 Å². The van der Waals surface area contributed by atoms with Gasteiger partial charge in [0.2, 0.25) is 0 Å². The highest BCUT2D eigenvalue weighted by molar-refractivity contribution is 7.99. The van der Waals surface area contributed by atoms with Crippen LogP contribution in [-0.4, -0.2) is 20.5 Å². The van der Waals surface area contributed by atoms with Gasteiger partial charge in [-0.05, 0) is 17.7 Å². The molecule has 0 fully saturated rings. The summed E-state index contributed by atoms with van der Waals surface area (Å²) >= 11 is 1.58. The van der Waals surface area contributed by atoms with Crippen LogP contribution in [0.4, 0.5) is 0 Å². The smallest absolute Gasteiger partial charge is 0.270 e. The Bertz CT molecular complexity index is 518. The third-order valence-electron chi connectivity index (χ3n) is 2.46. The minimum absolute atomic E-state index is 0.128. The van der Waals surface area contributed by atoms with Crippen molar-refractivity contribution in [3.05, 3.63) is 46.4 Å². The standard InChI is InChI=1S/C12H15N3OS/c1-2-17-12-14-13-11(16)15(12)9-8-10-6-4-3-5-7-10/h3-7H,2,8-9H2,1H3,(H,13,16). The molecule has 2 rings (SSSR count). The number of nitrogens with zero attached hydrogens (tertiary/aromatic N) is 2. The highest BCUT2D eigenvalue weighted by Gasteiger charge is 2.07. The molecular weight excluding hydrogens is 234 g/mol. The van der Waals surface area contributed by atoms with Crippen LogP contribution in [0.15, 0.2) is 40.3 Å². The maximum Gasteiger partial charge on any atom is 0.343 e. The molecule has 0 radical (unpaired) electrons. The highest BCUT2D eigenvalue weighted by Crippen LogP contribution is 2.12. The first kappa shape index (κ1) is 12.0. The van der Waals surface area contributed by atoms with E-state index in [4.69, 9.17) is 0 Å². The van der Waals surface area contributed by atoms with Crippen molar-refractivity contribution in [3.8, 4) is 0 Å². The van der Waals surface area contributed by atoms with Crippen molar-refractivity contribution in [1.82, 2.24) is 14.8 Å². The Kier molecular flexibility index (Phi) is 4.03. The monoisotopic (exact) mass is 249 g/mol. The molecule has 0 aliphatic heterocycles. The van der Waals surface area contributed by atoms with E-state index in [0.29, 0.717) is 6.54 Å². The van der Waals surface area contributed by atoms with Crippen LogP contribution in [0.2, 0.25) is 0 Å². The van der Waals surface area contributed by atoms with Crippen molar-refractivity contribution in [2.75, 3.05) is 5.75 Å². The van der Waals surface area contributed by atoms with Gasteiger partial charge in [-0.3, -0.25) is 4.57 Å². The molecule has 90 valence electrons. The minimum Gasteiger partial charge on any atom is -0.270 e. The molecule has 0 amide bonds. The predicted molar refractivity (Wildman–Crippen MR) is 69.4 cm³/mol. The normalized spacial score (nSPS) is 10.6. The molecule has 1 aromatic carbocycles. The van der Waals surface area contributed by atoms with Crippen LogP contribution in [0, 0.1) is 0 Å². The maximum absolute atomic E-state index is 11.6. The van der Waals surface area contributed by atoms with E-state index in [2.05, 4.69) is 22.3 Å². The minimum atomic E-state index is -0.128. The fourth-order valence-corrected chi connectivity index (χ4v) is 2.32. The molecule has 1 heterocycles. The molecular formula is C12H15N3OS. The van der Waals surface area contributed by atoms with E-state index in [9.17, 15) is 4.79 Å². The summed E-state index contributed by atoms with van der Waals surface area (Å²) in [6, 6.07) is 10.1. The van der Waals surface area contributed by atoms with Crippen molar-refractivity contribution in [2.45, 2.75) is 25.0 Å². The first-order valence-corrected chi connectivity index (χ1v) is 6.61. The number of H-pyrrole nitrogens is 1. The molecule has 0 saturated carbocycles. The second-order valence-electron chi connectivity index (χ2n) is 3.63. The summed E-state index contributed by atoms with van der Waals surface area (Å²) in [4.78, 5) is 11.6. The van der Waals surface area contributed by atoms with Crippen molar-refractivity contribution >= 4 is 11.8 Å². The molecule has 2 aromatic rings. The van der Waals surface area contributed by atoms with Gasteiger partial charge < -0.3 is 0 Å². The summed E-state index contributed by atoms with van der Waals surface area (Å²) in [7, 11) is 0. The maximum atomic E-state index is 11.6. The van der Waals surface area contributed by atoms with Crippen molar-refractivity contribution in [1.29, 1.82) is 0 Å². The molecule has 0 saturated heterocycles. The zero-order valence-corrected chi connectivity index (χ0v) is 10.5. The largest absolute Gasteiger partial charge is 0.343 e. The molecule has 0 bridgehead atoms. The number of nitrogens with one attached hydrogen (secondary N) is 1. The molecule has 0 atom stereocenters. The third kappa shape index (κ3) is 3.00. The third-order valence-corrected chi connectivity index (χ3v) is 3.32. The van der Waals surface area contributed by atoms with Gasteiger partial charge in [0.15, 0.2) is 5.16 Å². The Morgan fingerprint density at radius 3 is 2.82 bits per heavy atom. The molecule has 5 heteroatoms. The van der Waals surface area contributed by atoms with E-state index in [1.165, 1.54) is 5.56 Å². The number of rotatable bonds is 5. The number of aryl methyl sites for hydroxylation is 1. The summed E-state index contributed by atoms with van der Waals surface area (Å²) in [5.74, 6) is 0.912. The van der Waals surface area contributed by atoms with Gasteiger partial charge in [0, 0.05) is 6.54 Å². The lowest BCUT2D eigenvalue weighted by Crippen LogP contribution is -2.18. The zero-order valence-electron chi connectivity index (χ0n) is 9.72. The Morgan fingerprint density at radius 2 is 2.12 bits per heavy atom. The molecule has 17 heavy (non-hydrogen) atoms. The lowest BCUT2D eigenvalue weighted by Gasteiger charge is -2.04. The first-order valence-electron chi connectivity index (χ1n) is 5.63. The van der Waals surface area contributed by atoms with Gasteiger partial charge in [-0.1, -0.05) is 49.0 Å². The van der Waals surface area contributed by atoms with Crippen molar-refractivity contribution < 1.29 is 0 Å². The quantitative estimate of drug-likeness (QED) is 0.824. The summed E-state index contributed by atoms with van der Waals surface area (Å²) in [6.45, 7) is 2.72. The average Bonchev–Trinajstić information content (AvgIpc) is 2.70. The molecule has 1 aromatic heterocycles. The van der Waals surface area contributed by atoms with E-state index >= 15 is 0 Å². The second kappa shape index (κ2) is 5.72. The van der Waals surface area contributed by atoms with Gasteiger partial charge in [0.25, 0.3) is 0 Å². The molecule has 0 aliphatic carbocycles. The van der Waals surface area contributed by atoms with Crippen LogP contribution in [-0.2, 0) is 13.0 Å². The van der Waals surface area contributed by atoms with Gasteiger partial charge in [-0.25, -0.2) is 9.89 Å². The average molecular weight is 249 g/mol. The summed E-state index contributed by atoms with van der Waals surface area (Å²) in [5.41, 5.74) is 1.10. The van der Waals surface area contributed by atoms with E-state index in [0.717, 1.165) is 17.3 Å². The van der Waals surface area contributed by atoms with E-state index in [-0.39, 0.29) is 5.69 Å². The number of thioether (sulfide) groups is 1. The fraction of sp³-hybridized carbons (Fsp3) is 0.333. The number of aromatic amines is 1. The number of benzene rings is 1. The number of hydrogen-bond donors (Lipinski definition) is 1. The molecule has 4 nitrogen and oxygen atoms in total. The molecule has 0 unspecified atom stereocenters. The lowest BCUT2D eigenvalue weighted by atomic mass is 10.1. The van der Waals surface area contributed by atoms with Gasteiger partial charge in [0.05, 0.1) is 0 Å². The molecule has 0 spiro atoms. The number of hydrogen-bond acceptors (Lipinski definition) is 3. The van der Waals surface area contributed by atoms with Crippen LogP contribution in [0.25, 0.3) is 0 Å². The SMILES string of the molecule is CCSc1n[nH]c(=O)n1CCc1ccccc1. The first-order chi connectivity index (χ1) is 8.31. The number of aromatic nitrogens is 3. The van der Waals surface area contributed by atoms with E-state index in [1.807, 2.05) is 25.1 Å². The predicted octanol–water partition coefficient (Wildman–Crippen LogP) is 1.93. The van der Waals surface area contributed by atoms with Gasteiger partial charge in [0.1, 0.15) is 0 Å². The van der Waals surface area contributed by atoms with Gasteiger partial charge in [-0.15, -0.1) is 5.10 Å². The van der Waals surface area contributed by atoms with Gasteiger partial charge >= 0.3 is 5.69 Å². The fourth-order valence-electron chi connectivity index (χ4n) is 1.63. The lowest BCUT2D eigenvalue weighted by molar-refractivity contribution is 0.616. The Hall–Kier alpha value is -1.49. The van der Waals surface area contributed by atoms with Crippen LogP contribution < -0.4 is 5.69 Å².